The van der Waals surface area contributed by atoms with Crippen LogP contribution in [0.1, 0.15) is 50.1 Å². The first-order valence-electron chi connectivity index (χ1n) is 8.25. The number of hydrogen-bond acceptors (Lipinski definition) is 3. The number of rotatable bonds is 5. The fourth-order valence-electron chi connectivity index (χ4n) is 3.77. The molecule has 1 aromatic heterocycles. The molecule has 2 heterocycles. The quantitative estimate of drug-likeness (QED) is 0.895. The molecule has 1 aliphatic heterocycles. The van der Waals surface area contributed by atoms with E-state index in [0.29, 0.717) is 5.92 Å². The summed E-state index contributed by atoms with van der Waals surface area (Å²) in [7, 11) is 2.29. The maximum absolute atomic E-state index is 4.40. The third-order valence-corrected chi connectivity index (χ3v) is 5.14. The lowest BCUT2D eigenvalue weighted by Crippen LogP contribution is -2.33. The summed E-state index contributed by atoms with van der Waals surface area (Å²) in [6, 6.07) is 0.820. The van der Waals surface area contributed by atoms with E-state index in [1.54, 1.807) is 0 Å². The maximum Gasteiger partial charge on any atom is 0.0948 e. The van der Waals surface area contributed by atoms with E-state index >= 15 is 0 Å². The second-order valence-electron chi connectivity index (χ2n) is 6.46. The normalized spacial score (nSPS) is 21.9. The van der Waals surface area contributed by atoms with Crippen molar-refractivity contribution in [2.45, 2.75) is 57.0 Å². The molecule has 0 aromatic carbocycles. The first-order valence-corrected chi connectivity index (χ1v) is 8.25. The maximum atomic E-state index is 4.40. The Morgan fingerprint density at radius 1 is 1.25 bits per heavy atom. The summed E-state index contributed by atoms with van der Waals surface area (Å²) in [4.78, 5) is 6.95. The molecule has 1 aliphatic carbocycles. The van der Waals surface area contributed by atoms with Gasteiger partial charge in [-0.15, -0.1) is 0 Å². The van der Waals surface area contributed by atoms with Crippen LogP contribution in [0.5, 0.6) is 0 Å². The van der Waals surface area contributed by atoms with Crippen molar-refractivity contribution >= 4 is 0 Å². The predicted molar refractivity (Wildman–Crippen MR) is 82.0 cm³/mol. The molecule has 1 aromatic rings. The van der Waals surface area contributed by atoms with Gasteiger partial charge in [0.05, 0.1) is 6.33 Å². The monoisotopic (exact) mass is 276 g/mol. The van der Waals surface area contributed by atoms with Crippen molar-refractivity contribution in [2.24, 2.45) is 0 Å². The van der Waals surface area contributed by atoms with Gasteiger partial charge < -0.3 is 14.8 Å². The molecule has 1 saturated carbocycles. The van der Waals surface area contributed by atoms with Gasteiger partial charge in [-0.3, -0.25) is 0 Å². The molecule has 1 saturated heterocycles. The summed E-state index contributed by atoms with van der Waals surface area (Å²) in [6.07, 6.45) is 12.2. The zero-order chi connectivity index (χ0) is 13.8. The minimum absolute atomic E-state index is 0.704. The standard InChI is InChI=1S/C16H28N4/c1-19(15-4-2-3-5-15)10-11-20-13-18-12-16(20)14-6-8-17-9-7-14/h12-15,17H,2-11H2,1H3. The molecule has 0 atom stereocenters. The number of piperidine rings is 1. The second kappa shape index (κ2) is 6.72. The Hall–Kier alpha value is -0.870. The molecule has 2 aliphatic rings. The van der Waals surface area contributed by atoms with E-state index in [9.17, 15) is 0 Å². The van der Waals surface area contributed by atoms with E-state index in [1.807, 2.05) is 6.33 Å². The smallest absolute Gasteiger partial charge is 0.0948 e. The van der Waals surface area contributed by atoms with Gasteiger partial charge in [0.25, 0.3) is 0 Å². The van der Waals surface area contributed by atoms with Gasteiger partial charge in [0.1, 0.15) is 0 Å². The lowest BCUT2D eigenvalue weighted by molar-refractivity contribution is 0.234. The van der Waals surface area contributed by atoms with Crippen molar-refractivity contribution in [2.75, 3.05) is 26.7 Å². The largest absolute Gasteiger partial charge is 0.333 e. The zero-order valence-corrected chi connectivity index (χ0v) is 12.7. The Bertz CT molecular complexity index is 402. The highest BCUT2D eigenvalue weighted by atomic mass is 15.2. The van der Waals surface area contributed by atoms with Crippen LogP contribution in [0.2, 0.25) is 0 Å². The summed E-state index contributed by atoms with van der Waals surface area (Å²) >= 11 is 0. The van der Waals surface area contributed by atoms with Crippen molar-refractivity contribution in [1.82, 2.24) is 19.8 Å². The first-order chi connectivity index (χ1) is 9.84. The summed E-state index contributed by atoms with van der Waals surface area (Å²) in [5.74, 6) is 0.704. The molecule has 3 rings (SSSR count). The Balaban J connectivity index is 1.55. The van der Waals surface area contributed by atoms with Gasteiger partial charge >= 0.3 is 0 Å². The van der Waals surface area contributed by atoms with Crippen LogP contribution < -0.4 is 5.32 Å². The van der Waals surface area contributed by atoms with E-state index < -0.39 is 0 Å². The van der Waals surface area contributed by atoms with E-state index in [4.69, 9.17) is 0 Å². The van der Waals surface area contributed by atoms with Gasteiger partial charge in [-0.1, -0.05) is 12.8 Å². The third-order valence-electron chi connectivity index (χ3n) is 5.14. The lowest BCUT2D eigenvalue weighted by atomic mass is 9.95. The molecule has 112 valence electrons. The Kier molecular flexibility index (Phi) is 4.73. The number of nitrogens with zero attached hydrogens (tertiary/aromatic N) is 3. The van der Waals surface area contributed by atoms with Gasteiger partial charge in [-0.05, 0) is 45.8 Å². The van der Waals surface area contributed by atoms with Crippen LogP contribution in [0, 0.1) is 0 Å². The average Bonchev–Trinajstić information content (AvgIpc) is 3.17. The minimum atomic E-state index is 0.704. The molecular formula is C16H28N4. The topological polar surface area (TPSA) is 33.1 Å². The average molecular weight is 276 g/mol. The molecule has 0 unspecified atom stereocenters. The molecule has 0 bridgehead atoms. The van der Waals surface area contributed by atoms with Crippen molar-refractivity contribution in [3.63, 3.8) is 0 Å². The summed E-state index contributed by atoms with van der Waals surface area (Å²) in [5.41, 5.74) is 1.45. The molecule has 1 N–H and O–H groups in total. The molecule has 0 spiro atoms. The van der Waals surface area contributed by atoms with Crippen LogP contribution in [0.4, 0.5) is 0 Å². The Morgan fingerprint density at radius 3 is 2.75 bits per heavy atom. The van der Waals surface area contributed by atoms with Gasteiger partial charge in [-0.2, -0.15) is 0 Å². The van der Waals surface area contributed by atoms with Crippen LogP contribution >= 0.6 is 0 Å². The van der Waals surface area contributed by atoms with Crippen LogP contribution in [0.3, 0.4) is 0 Å². The van der Waals surface area contributed by atoms with E-state index in [-0.39, 0.29) is 0 Å². The molecular weight excluding hydrogens is 248 g/mol. The van der Waals surface area contributed by atoms with Crippen LogP contribution in [0.15, 0.2) is 12.5 Å². The van der Waals surface area contributed by atoms with Gasteiger partial charge in [-0.25, -0.2) is 4.98 Å². The fourth-order valence-corrected chi connectivity index (χ4v) is 3.77. The highest BCUT2D eigenvalue weighted by molar-refractivity contribution is 5.07. The van der Waals surface area contributed by atoms with Crippen molar-refractivity contribution in [3.05, 3.63) is 18.2 Å². The molecule has 0 radical (unpaired) electrons. The van der Waals surface area contributed by atoms with E-state index in [2.05, 4.69) is 33.0 Å². The molecule has 2 fully saturated rings. The highest BCUT2D eigenvalue weighted by Gasteiger charge is 2.21. The van der Waals surface area contributed by atoms with Gasteiger partial charge in [0, 0.05) is 36.9 Å². The van der Waals surface area contributed by atoms with Crippen molar-refractivity contribution in [1.29, 1.82) is 0 Å². The van der Waals surface area contributed by atoms with Crippen molar-refractivity contribution < 1.29 is 0 Å². The number of hydrogen-bond donors (Lipinski definition) is 1. The number of likely N-dealkylation sites (N-methyl/N-ethyl adjacent to an activating group) is 1. The Labute approximate surface area is 122 Å². The SMILES string of the molecule is CN(CCn1cncc1C1CCNCC1)C1CCCC1. The van der Waals surface area contributed by atoms with Crippen LogP contribution in [-0.2, 0) is 6.54 Å². The molecule has 0 amide bonds. The summed E-state index contributed by atoms with van der Waals surface area (Å²) < 4.78 is 2.39. The van der Waals surface area contributed by atoms with Gasteiger partial charge in [0.15, 0.2) is 0 Å². The number of nitrogens with one attached hydrogen (secondary N) is 1. The van der Waals surface area contributed by atoms with Gasteiger partial charge in [0.2, 0.25) is 0 Å². The molecule has 20 heavy (non-hydrogen) atoms. The van der Waals surface area contributed by atoms with Crippen LogP contribution in [-0.4, -0.2) is 47.2 Å². The number of aromatic nitrogens is 2. The Morgan fingerprint density at radius 2 is 2.00 bits per heavy atom. The van der Waals surface area contributed by atoms with Crippen LogP contribution in [0.25, 0.3) is 0 Å². The molecule has 4 nitrogen and oxygen atoms in total. The third kappa shape index (κ3) is 3.23. The first kappa shape index (κ1) is 14.1. The summed E-state index contributed by atoms with van der Waals surface area (Å²) in [6.45, 7) is 4.54. The number of imidazole rings is 1. The predicted octanol–water partition coefficient (Wildman–Crippen LogP) is 2.22. The highest BCUT2D eigenvalue weighted by Crippen LogP contribution is 2.25. The zero-order valence-electron chi connectivity index (χ0n) is 12.7. The summed E-state index contributed by atoms with van der Waals surface area (Å²) in [5, 5.41) is 3.45. The van der Waals surface area contributed by atoms with E-state index in [1.165, 1.54) is 44.2 Å². The van der Waals surface area contributed by atoms with Crippen molar-refractivity contribution in [3.8, 4) is 0 Å². The van der Waals surface area contributed by atoms with E-state index in [0.717, 1.165) is 32.2 Å². The molecule has 4 heteroatoms. The lowest BCUT2D eigenvalue weighted by Gasteiger charge is -2.26. The second-order valence-corrected chi connectivity index (χ2v) is 6.46. The fraction of sp³-hybridized carbons (Fsp3) is 0.812. The minimum Gasteiger partial charge on any atom is -0.333 e.